The van der Waals surface area contributed by atoms with Crippen molar-refractivity contribution < 1.29 is 18.9 Å². The molecule has 2 rings (SSSR count). The first-order valence-electron chi connectivity index (χ1n) is 7.19. The van der Waals surface area contributed by atoms with Crippen molar-refractivity contribution in [3.05, 3.63) is 58.1 Å². The van der Waals surface area contributed by atoms with Gasteiger partial charge in [-0.2, -0.15) is 0 Å². The van der Waals surface area contributed by atoms with E-state index in [0.29, 0.717) is 15.8 Å². The summed E-state index contributed by atoms with van der Waals surface area (Å²) in [7, 11) is 0. The van der Waals surface area contributed by atoms with Crippen LogP contribution in [-0.4, -0.2) is 12.0 Å². The molecule has 0 heterocycles. The zero-order chi connectivity index (χ0) is 18.2. The van der Waals surface area contributed by atoms with Crippen molar-refractivity contribution in [2.75, 3.05) is 0 Å². The van der Waals surface area contributed by atoms with Crippen LogP contribution in [0.5, 0.6) is 5.75 Å². The van der Waals surface area contributed by atoms with Gasteiger partial charge < -0.3 is 4.74 Å². The molecule has 2 aromatic rings. The average Bonchev–Trinajstić information content (AvgIpc) is 2.59. The van der Waals surface area contributed by atoms with Crippen molar-refractivity contribution in [3.63, 3.8) is 0 Å². The van der Waals surface area contributed by atoms with E-state index in [0.717, 1.165) is 22.5 Å². The van der Waals surface area contributed by atoms with E-state index in [2.05, 4.69) is 16.0 Å². The van der Waals surface area contributed by atoms with E-state index in [-0.39, 0.29) is 0 Å². The van der Waals surface area contributed by atoms with Crippen LogP contribution in [-0.2, 0) is 14.1 Å². The molecule has 2 N–H and O–H groups in total. The number of amides is 1. The van der Waals surface area contributed by atoms with E-state index in [4.69, 9.17) is 32.3 Å². The molecule has 6 nitrogen and oxygen atoms in total. The molecule has 1 atom stereocenters. The van der Waals surface area contributed by atoms with Crippen LogP contribution in [0.1, 0.15) is 12.5 Å². The van der Waals surface area contributed by atoms with Gasteiger partial charge in [-0.3, -0.25) is 10.2 Å². The quantitative estimate of drug-likeness (QED) is 0.297. The molecule has 1 unspecified atom stereocenters. The van der Waals surface area contributed by atoms with Gasteiger partial charge in [-0.25, -0.2) is 0 Å². The minimum Gasteiger partial charge on any atom is -0.481 e. The van der Waals surface area contributed by atoms with Gasteiger partial charge in [0.25, 0.3) is 5.91 Å². The molecule has 0 radical (unpaired) electrons. The zero-order valence-corrected chi connectivity index (χ0v) is 15.7. The lowest BCUT2D eigenvalue weighted by molar-refractivity contribution is -0.256. The Balaban J connectivity index is 1.67. The number of carbonyl (C=O) groups excluding carboxylic acids is 1. The van der Waals surface area contributed by atoms with Crippen molar-refractivity contribution in [1.82, 2.24) is 11.0 Å². The molecule has 25 heavy (non-hydrogen) atoms. The maximum Gasteiger partial charge on any atom is 0.276 e. The molecule has 134 valence electrons. The smallest absolute Gasteiger partial charge is 0.276 e. The summed E-state index contributed by atoms with van der Waals surface area (Å²) in [6.45, 7) is 3.45. The predicted octanol–water partition coefficient (Wildman–Crippen LogP) is 4.26. The maximum atomic E-state index is 11.9. The Morgan fingerprint density at radius 3 is 2.56 bits per heavy atom. The van der Waals surface area contributed by atoms with Crippen LogP contribution in [0.25, 0.3) is 0 Å². The fraction of sp³-hybridized carbons (Fsp3) is 0.188. The SMILES string of the molecule is Cc1cc(OC(C)C(=O)NNOOSc2ccc(Cl)cc2)ccc1Cl. The second-order valence-electron chi connectivity index (χ2n) is 4.95. The highest BCUT2D eigenvalue weighted by atomic mass is 35.5. The number of aryl methyl sites for hydroxylation is 1. The van der Waals surface area contributed by atoms with Crippen LogP contribution in [0.15, 0.2) is 47.4 Å². The molecule has 0 spiro atoms. The predicted molar refractivity (Wildman–Crippen MR) is 97.0 cm³/mol. The first-order valence-corrected chi connectivity index (χ1v) is 8.69. The Morgan fingerprint density at radius 1 is 1.16 bits per heavy atom. The minimum absolute atomic E-state index is 0.437. The number of benzene rings is 2. The Labute approximate surface area is 159 Å². The van der Waals surface area contributed by atoms with Gasteiger partial charge in [0.05, 0.1) is 12.0 Å². The van der Waals surface area contributed by atoms with E-state index in [9.17, 15) is 4.79 Å². The Hall–Kier alpha value is -1.48. The third-order valence-corrected chi connectivity index (χ3v) is 4.28. The van der Waals surface area contributed by atoms with Gasteiger partial charge in [-0.1, -0.05) is 28.8 Å². The fourth-order valence-corrected chi connectivity index (χ4v) is 2.32. The van der Waals surface area contributed by atoms with Crippen molar-refractivity contribution in [1.29, 1.82) is 0 Å². The van der Waals surface area contributed by atoms with E-state index in [1.54, 1.807) is 49.4 Å². The third-order valence-electron chi connectivity index (χ3n) is 3.01. The number of nitrogens with one attached hydrogen (secondary N) is 2. The van der Waals surface area contributed by atoms with Crippen LogP contribution in [0, 0.1) is 6.92 Å². The molecule has 2 aromatic carbocycles. The topological polar surface area (TPSA) is 68.8 Å². The van der Waals surface area contributed by atoms with Crippen molar-refractivity contribution in [2.45, 2.75) is 24.8 Å². The standard InChI is InChI=1S/C16H16Cl2N2O4S/c1-10-9-13(5-8-15(10)18)22-11(2)16(21)19-20-23-24-25-14-6-3-12(17)4-7-14/h3-9,11,20H,1-2H3,(H,19,21). The summed E-state index contributed by atoms with van der Waals surface area (Å²) in [5.41, 5.74) is 5.35. The summed E-state index contributed by atoms with van der Waals surface area (Å²) in [6.07, 6.45) is -0.749. The molecule has 0 bridgehead atoms. The van der Waals surface area contributed by atoms with Crippen LogP contribution in [0.2, 0.25) is 10.0 Å². The lowest BCUT2D eigenvalue weighted by Crippen LogP contribution is -2.44. The largest absolute Gasteiger partial charge is 0.481 e. The van der Waals surface area contributed by atoms with E-state index in [1.807, 2.05) is 6.92 Å². The summed E-state index contributed by atoms with van der Waals surface area (Å²) in [5, 5.41) is 1.26. The highest BCUT2D eigenvalue weighted by Gasteiger charge is 2.14. The van der Waals surface area contributed by atoms with E-state index >= 15 is 0 Å². The van der Waals surface area contributed by atoms with Crippen molar-refractivity contribution >= 4 is 41.2 Å². The minimum atomic E-state index is -0.749. The van der Waals surface area contributed by atoms with Gasteiger partial charge >= 0.3 is 0 Å². The molecular weight excluding hydrogens is 387 g/mol. The molecule has 0 saturated heterocycles. The zero-order valence-electron chi connectivity index (χ0n) is 13.4. The number of ether oxygens (including phenoxy) is 1. The molecule has 9 heteroatoms. The number of hydrogen-bond donors (Lipinski definition) is 2. The molecule has 0 fully saturated rings. The van der Waals surface area contributed by atoms with Crippen molar-refractivity contribution in [3.8, 4) is 5.75 Å². The number of hydrazine groups is 1. The Bertz CT molecular complexity index is 716. The molecule has 1 amide bonds. The number of carbonyl (C=O) groups is 1. The van der Waals surface area contributed by atoms with E-state index < -0.39 is 12.0 Å². The average molecular weight is 403 g/mol. The molecule has 0 aliphatic heterocycles. The van der Waals surface area contributed by atoms with Gasteiger partial charge in [0, 0.05) is 14.9 Å². The number of hydrogen-bond acceptors (Lipinski definition) is 6. The number of halogens is 2. The Morgan fingerprint density at radius 2 is 1.88 bits per heavy atom. The summed E-state index contributed by atoms with van der Waals surface area (Å²) in [6, 6.07) is 12.1. The summed E-state index contributed by atoms with van der Waals surface area (Å²) in [4.78, 5) is 17.3. The van der Waals surface area contributed by atoms with Gasteiger partial charge in [-0.15, -0.1) is 9.32 Å². The van der Waals surface area contributed by atoms with Crippen LogP contribution < -0.4 is 15.8 Å². The normalized spacial score (nSPS) is 11.8. The summed E-state index contributed by atoms with van der Waals surface area (Å²) < 4.78 is 10.4. The molecule has 0 aromatic heterocycles. The highest BCUT2D eigenvalue weighted by molar-refractivity contribution is 7.94. The van der Waals surface area contributed by atoms with Crippen molar-refractivity contribution in [2.24, 2.45) is 0 Å². The highest BCUT2D eigenvalue weighted by Crippen LogP contribution is 2.22. The van der Waals surface area contributed by atoms with Gasteiger partial charge in [0.1, 0.15) is 5.75 Å². The molecular formula is C16H16Cl2N2O4S. The van der Waals surface area contributed by atoms with Crippen LogP contribution in [0.3, 0.4) is 0 Å². The molecule has 0 aliphatic rings. The maximum absolute atomic E-state index is 11.9. The van der Waals surface area contributed by atoms with Gasteiger partial charge in [0.2, 0.25) is 0 Å². The monoisotopic (exact) mass is 402 g/mol. The third kappa shape index (κ3) is 6.74. The molecule has 0 aliphatic carbocycles. The Kier molecular flexibility index (Phi) is 7.83. The number of rotatable bonds is 8. The first kappa shape index (κ1) is 19.8. The van der Waals surface area contributed by atoms with Gasteiger partial charge in [0.15, 0.2) is 6.10 Å². The summed E-state index contributed by atoms with van der Waals surface area (Å²) in [5.74, 6) is 0.104. The first-order chi connectivity index (χ1) is 12.0. The summed E-state index contributed by atoms with van der Waals surface area (Å²) >= 11 is 12.7. The van der Waals surface area contributed by atoms with Crippen LogP contribution in [0.4, 0.5) is 0 Å². The fourth-order valence-electron chi connectivity index (χ4n) is 1.68. The van der Waals surface area contributed by atoms with Gasteiger partial charge in [-0.05, 0) is 61.9 Å². The lowest BCUT2D eigenvalue weighted by atomic mass is 10.2. The molecule has 0 saturated carbocycles. The second kappa shape index (κ2) is 9.86. The lowest BCUT2D eigenvalue weighted by Gasteiger charge is -2.15. The second-order valence-corrected chi connectivity index (χ2v) is 6.57. The van der Waals surface area contributed by atoms with E-state index in [1.165, 1.54) is 0 Å². The van der Waals surface area contributed by atoms with Crippen LogP contribution >= 0.6 is 35.2 Å².